The molecule has 1 heterocycles. The highest BCUT2D eigenvalue weighted by Gasteiger charge is 2.14. The quantitative estimate of drug-likeness (QED) is 0.895. The van der Waals surface area contributed by atoms with Crippen LogP contribution in [0.4, 0.5) is 0 Å². The normalized spacial score (nSPS) is 11.9. The largest absolute Gasteiger partial charge is 0.497 e. The third-order valence-electron chi connectivity index (χ3n) is 2.78. The van der Waals surface area contributed by atoms with Crippen molar-refractivity contribution in [3.63, 3.8) is 0 Å². The standard InChI is InChI=1S/C14H16N2O2/c1-17-11-6-3-5-10(9-11)13(15)12-7-4-8-16-14(12)18-2/h3-9,13H,15H2,1-2H3. The summed E-state index contributed by atoms with van der Waals surface area (Å²) in [5.74, 6) is 1.33. The Bertz CT molecular complexity index is 529. The van der Waals surface area contributed by atoms with Crippen molar-refractivity contribution in [2.45, 2.75) is 6.04 Å². The SMILES string of the molecule is COc1cccc(C(N)c2cccnc2OC)c1. The zero-order chi connectivity index (χ0) is 13.0. The van der Waals surface area contributed by atoms with Gasteiger partial charge in [-0.25, -0.2) is 4.98 Å². The first-order valence-corrected chi connectivity index (χ1v) is 5.64. The van der Waals surface area contributed by atoms with E-state index in [0.717, 1.165) is 16.9 Å². The van der Waals surface area contributed by atoms with Crippen LogP contribution >= 0.6 is 0 Å². The van der Waals surface area contributed by atoms with Crippen molar-refractivity contribution in [1.29, 1.82) is 0 Å². The third-order valence-corrected chi connectivity index (χ3v) is 2.78. The second kappa shape index (κ2) is 5.51. The molecule has 94 valence electrons. The van der Waals surface area contributed by atoms with Crippen molar-refractivity contribution >= 4 is 0 Å². The van der Waals surface area contributed by atoms with Crippen molar-refractivity contribution in [1.82, 2.24) is 4.98 Å². The van der Waals surface area contributed by atoms with Crippen molar-refractivity contribution in [3.8, 4) is 11.6 Å². The number of aromatic nitrogens is 1. The number of nitrogens with zero attached hydrogens (tertiary/aromatic N) is 1. The topological polar surface area (TPSA) is 57.4 Å². The molecule has 0 aliphatic rings. The van der Waals surface area contributed by atoms with Gasteiger partial charge in [0.05, 0.1) is 20.3 Å². The van der Waals surface area contributed by atoms with Gasteiger partial charge < -0.3 is 15.2 Å². The van der Waals surface area contributed by atoms with Crippen molar-refractivity contribution in [2.24, 2.45) is 5.73 Å². The number of rotatable bonds is 4. The van der Waals surface area contributed by atoms with Crippen LogP contribution in [0.25, 0.3) is 0 Å². The Hall–Kier alpha value is -2.07. The molecule has 0 radical (unpaired) electrons. The second-order valence-corrected chi connectivity index (χ2v) is 3.86. The van der Waals surface area contributed by atoms with Crippen LogP contribution in [0.15, 0.2) is 42.6 Å². The Labute approximate surface area is 106 Å². The average molecular weight is 244 g/mol. The summed E-state index contributed by atoms with van der Waals surface area (Å²) in [7, 11) is 3.22. The Balaban J connectivity index is 2.37. The molecule has 1 unspecified atom stereocenters. The summed E-state index contributed by atoms with van der Waals surface area (Å²) in [6.07, 6.45) is 1.68. The first-order valence-electron chi connectivity index (χ1n) is 5.64. The molecule has 0 bridgehead atoms. The van der Waals surface area contributed by atoms with Crippen molar-refractivity contribution in [3.05, 3.63) is 53.7 Å². The van der Waals surface area contributed by atoms with Crippen molar-refractivity contribution < 1.29 is 9.47 Å². The molecule has 18 heavy (non-hydrogen) atoms. The highest BCUT2D eigenvalue weighted by molar-refractivity contribution is 5.39. The zero-order valence-corrected chi connectivity index (χ0v) is 10.5. The van der Waals surface area contributed by atoms with E-state index in [4.69, 9.17) is 15.2 Å². The predicted molar refractivity (Wildman–Crippen MR) is 69.8 cm³/mol. The molecule has 0 aliphatic carbocycles. The fraction of sp³-hybridized carbons (Fsp3) is 0.214. The molecule has 0 aliphatic heterocycles. The first-order chi connectivity index (χ1) is 8.76. The molecular formula is C14H16N2O2. The van der Waals surface area contributed by atoms with Crippen LogP contribution in [0.1, 0.15) is 17.2 Å². The van der Waals surface area contributed by atoms with E-state index in [9.17, 15) is 0 Å². The minimum Gasteiger partial charge on any atom is -0.497 e. The lowest BCUT2D eigenvalue weighted by atomic mass is 10.0. The molecule has 1 aromatic carbocycles. The van der Waals surface area contributed by atoms with Gasteiger partial charge in [0, 0.05) is 11.8 Å². The second-order valence-electron chi connectivity index (χ2n) is 3.86. The number of methoxy groups -OCH3 is 2. The van der Waals surface area contributed by atoms with Gasteiger partial charge in [0.2, 0.25) is 5.88 Å². The van der Waals surface area contributed by atoms with Crippen LogP contribution in [0.5, 0.6) is 11.6 Å². The predicted octanol–water partition coefficient (Wildman–Crippen LogP) is 2.15. The van der Waals surface area contributed by atoms with Crippen LogP contribution in [0.3, 0.4) is 0 Å². The van der Waals surface area contributed by atoms with E-state index in [1.807, 2.05) is 36.4 Å². The monoisotopic (exact) mass is 244 g/mol. The first kappa shape index (κ1) is 12.4. The van der Waals surface area contributed by atoms with E-state index in [1.54, 1.807) is 20.4 Å². The van der Waals surface area contributed by atoms with Crippen LogP contribution in [-0.2, 0) is 0 Å². The summed E-state index contributed by atoms with van der Waals surface area (Å²) < 4.78 is 10.4. The van der Waals surface area contributed by atoms with Crippen LogP contribution < -0.4 is 15.2 Å². The molecule has 1 aromatic heterocycles. The fourth-order valence-electron chi connectivity index (χ4n) is 1.83. The summed E-state index contributed by atoms with van der Waals surface area (Å²) in [6, 6.07) is 11.1. The van der Waals surface area contributed by atoms with E-state index in [2.05, 4.69) is 4.98 Å². The van der Waals surface area contributed by atoms with E-state index < -0.39 is 0 Å². The van der Waals surface area contributed by atoms with Gasteiger partial charge in [0.25, 0.3) is 0 Å². The van der Waals surface area contributed by atoms with Gasteiger partial charge >= 0.3 is 0 Å². The van der Waals surface area contributed by atoms with Gasteiger partial charge in [-0.15, -0.1) is 0 Å². The average Bonchev–Trinajstić information content (AvgIpc) is 2.46. The minimum absolute atomic E-state index is 0.288. The molecule has 2 aromatic rings. The van der Waals surface area contributed by atoms with Gasteiger partial charge in [-0.2, -0.15) is 0 Å². The maximum atomic E-state index is 6.24. The molecule has 0 saturated heterocycles. The Morgan fingerprint density at radius 2 is 1.94 bits per heavy atom. The maximum Gasteiger partial charge on any atom is 0.218 e. The molecule has 0 amide bonds. The maximum absolute atomic E-state index is 6.24. The lowest BCUT2D eigenvalue weighted by Gasteiger charge is -2.15. The number of benzene rings is 1. The Kier molecular flexibility index (Phi) is 3.79. The summed E-state index contributed by atoms with van der Waals surface area (Å²) in [6.45, 7) is 0. The number of ether oxygens (including phenoxy) is 2. The van der Waals surface area contributed by atoms with E-state index in [-0.39, 0.29) is 6.04 Å². The molecule has 2 rings (SSSR count). The fourth-order valence-corrected chi connectivity index (χ4v) is 1.83. The third kappa shape index (κ3) is 2.43. The van der Waals surface area contributed by atoms with E-state index >= 15 is 0 Å². The van der Waals surface area contributed by atoms with Gasteiger partial charge in [-0.05, 0) is 23.8 Å². The Morgan fingerprint density at radius 1 is 1.11 bits per heavy atom. The molecule has 2 N–H and O–H groups in total. The number of hydrogen-bond acceptors (Lipinski definition) is 4. The summed E-state index contributed by atoms with van der Waals surface area (Å²) >= 11 is 0. The molecule has 4 heteroatoms. The summed E-state index contributed by atoms with van der Waals surface area (Å²) in [5, 5.41) is 0. The van der Waals surface area contributed by atoms with Gasteiger partial charge in [-0.3, -0.25) is 0 Å². The highest BCUT2D eigenvalue weighted by Crippen LogP contribution is 2.27. The minimum atomic E-state index is -0.288. The molecule has 0 fully saturated rings. The van der Waals surface area contributed by atoms with Crippen LogP contribution in [0.2, 0.25) is 0 Å². The van der Waals surface area contributed by atoms with Crippen molar-refractivity contribution in [2.75, 3.05) is 14.2 Å². The number of pyridine rings is 1. The van der Waals surface area contributed by atoms with Crippen LogP contribution in [-0.4, -0.2) is 19.2 Å². The van der Waals surface area contributed by atoms with Gasteiger partial charge in [0.15, 0.2) is 0 Å². The molecule has 4 nitrogen and oxygen atoms in total. The number of nitrogens with two attached hydrogens (primary N) is 1. The molecule has 0 saturated carbocycles. The summed E-state index contributed by atoms with van der Waals surface area (Å²) in [5.41, 5.74) is 8.05. The molecular weight excluding hydrogens is 228 g/mol. The van der Waals surface area contributed by atoms with E-state index in [1.165, 1.54) is 0 Å². The van der Waals surface area contributed by atoms with Gasteiger partial charge in [-0.1, -0.05) is 18.2 Å². The lowest BCUT2D eigenvalue weighted by Crippen LogP contribution is -2.13. The Morgan fingerprint density at radius 3 is 2.67 bits per heavy atom. The number of hydrogen-bond donors (Lipinski definition) is 1. The molecule has 1 atom stereocenters. The zero-order valence-electron chi connectivity index (χ0n) is 10.5. The highest BCUT2D eigenvalue weighted by atomic mass is 16.5. The van der Waals surface area contributed by atoms with Crippen LogP contribution in [0, 0.1) is 0 Å². The smallest absolute Gasteiger partial charge is 0.218 e. The van der Waals surface area contributed by atoms with Gasteiger partial charge in [0.1, 0.15) is 5.75 Å². The summed E-state index contributed by atoms with van der Waals surface area (Å²) in [4.78, 5) is 4.15. The van der Waals surface area contributed by atoms with E-state index in [0.29, 0.717) is 5.88 Å². The molecule has 0 spiro atoms. The lowest BCUT2D eigenvalue weighted by molar-refractivity contribution is 0.390.